The minimum Gasteiger partial charge on any atom is -0.394 e. The molecule has 2 N–H and O–H groups in total. The number of aliphatic hydroxyl groups excluding tert-OH is 1. The van der Waals surface area contributed by atoms with Crippen molar-refractivity contribution in [3.05, 3.63) is 66.5 Å². The number of benzene rings is 1. The fourth-order valence-electron chi connectivity index (χ4n) is 2.33. The lowest BCUT2D eigenvalue weighted by Crippen LogP contribution is -2.27. The molecule has 0 aliphatic heterocycles. The van der Waals surface area contributed by atoms with Gasteiger partial charge in [-0.3, -0.25) is 4.40 Å². The number of aliphatic hydroxyl groups is 1. The smallest absolute Gasteiger partial charge is 0.138 e. The second-order valence-electron chi connectivity index (χ2n) is 4.78. The third-order valence-corrected chi connectivity index (χ3v) is 3.33. The van der Waals surface area contributed by atoms with Gasteiger partial charge in [0.05, 0.1) is 12.6 Å². The Labute approximate surface area is 117 Å². The van der Waals surface area contributed by atoms with Crippen LogP contribution in [0.3, 0.4) is 0 Å². The molecular formula is C16H17N3O. The number of nitrogens with one attached hydrogen (secondary N) is 1. The van der Waals surface area contributed by atoms with Gasteiger partial charge in [0, 0.05) is 12.4 Å². The molecule has 0 saturated carbocycles. The SMILES string of the molecule is OCC(Cc1ccccc1)Nc1cccc2nccn12. The standard InChI is InChI=1S/C16H17N3O/c20-12-14(11-13-5-2-1-3-6-13)18-16-8-4-7-15-17-9-10-19(15)16/h1-10,14,18,20H,11-12H2. The summed E-state index contributed by atoms with van der Waals surface area (Å²) in [6.07, 6.45) is 4.46. The lowest BCUT2D eigenvalue weighted by atomic mass is 10.1. The lowest BCUT2D eigenvalue weighted by Gasteiger charge is -2.18. The first-order chi connectivity index (χ1) is 9.86. The zero-order valence-corrected chi connectivity index (χ0v) is 11.1. The predicted octanol–water partition coefficient (Wildman–Crippen LogP) is 2.35. The van der Waals surface area contributed by atoms with E-state index in [0.29, 0.717) is 0 Å². The molecule has 102 valence electrons. The van der Waals surface area contributed by atoms with Crippen molar-refractivity contribution in [1.82, 2.24) is 9.38 Å². The second-order valence-corrected chi connectivity index (χ2v) is 4.78. The first kappa shape index (κ1) is 12.7. The largest absolute Gasteiger partial charge is 0.394 e. The van der Waals surface area contributed by atoms with Gasteiger partial charge in [0.2, 0.25) is 0 Å². The van der Waals surface area contributed by atoms with Crippen LogP contribution in [-0.4, -0.2) is 27.1 Å². The van der Waals surface area contributed by atoms with Gasteiger partial charge in [0.1, 0.15) is 11.5 Å². The van der Waals surface area contributed by atoms with Gasteiger partial charge in [-0.2, -0.15) is 0 Å². The number of imidazole rings is 1. The number of anilines is 1. The van der Waals surface area contributed by atoms with Gasteiger partial charge >= 0.3 is 0 Å². The Balaban J connectivity index is 1.79. The predicted molar refractivity (Wildman–Crippen MR) is 79.8 cm³/mol. The van der Waals surface area contributed by atoms with Gasteiger partial charge in [-0.05, 0) is 24.1 Å². The maximum Gasteiger partial charge on any atom is 0.138 e. The van der Waals surface area contributed by atoms with E-state index in [9.17, 15) is 5.11 Å². The molecule has 0 radical (unpaired) electrons. The van der Waals surface area contributed by atoms with Crippen LogP contribution in [0.15, 0.2) is 60.9 Å². The topological polar surface area (TPSA) is 49.6 Å². The summed E-state index contributed by atoms with van der Waals surface area (Å²) in [5.41, 5.74) is 2.10. The maximum absolute atomic E-state index is 9.58. The summed E-state index contributed by atoms with van der Waals surface area (Å²) in [7, 11) is 0. The Morgan fingerprint density at radius 1 is 1.10 bits per heavy atom. The van der Waals surface area contributed by atoms with Crippen LogP contribution in [0.1, 0.15) is 5.56 Å². The van der Waals surface area contributed by atoms with Crippen molar-refractivity contribution in [3.63, 3.8) is 0 Å². The van der Waals surface area contributed by atoms with Crippen molar-refractivity contribution in [2.24, 2.45) is 0 Å². The van der Waals surface area contributed by atoms with Crippen molar-refractivity contribution < 1.29 is 5.11 Å². The average Bonchev–Trinajstić information content (AvgIpc) is 2.97. The highest BCUT2D eigenvalue weighted by Crippen LogP contribution is 2.14. The zero-order chi connectivity index (χ0) is 13.8. The average molecular weight is 267 g/mol. The Hall–Kier alpha value is -2.33. The molecule has 0 fully saturated rings. The Morgan fingerprint density at radius 2 is 1.95 bits per heavy atom. The fraction of sp³-hybridized carbons (Fsp3) is 0.188. The Morgan fingerprint density at radius 3 is 2.75 bits per heavy atom. The number of pyridine rings is 1. The zero-order valence-electron chi connectivity index (χ0n) is 11.1. The Bertz CT molecular complexity index is 678. The first-order valence-corrected chi connectivity index (χ1v) is 6.70. The van der Waals surface area contributed by atoms with Gasteiger partial charge in [-0.25, -0.2) is 4.98 Å². The van der Waals surface area contributed by atoms with E-state index in [0.717, 1.165) is 17.9 Å². The third kappa shape index (κ3) is 2.65. The highest BCUT2D eigenvalue weighted by Gasteiger charge is 2.10. The molecule has 0 aliphatic rings. The molecule has 3 aromatic rings. The highest BCUT2D eigenvalue weighted by atomic mass is 16.3. The molecule has 4 nitrogen and oxygen atoms in total. The van der Waals surface area contributed by atoms with Crippen LogP contribution in [0.5, 0.6) is 0 Å². The molecule has 1 atom stereocenters. The van der Waals surface area contributed by atoms with Crippen LogP contribution in [0.2, 0.25) is 0 Å². The molecule has 4 heteroatoms. The molecule has 2 heterocycles. The normalized spacial score (nSPS) is 12.4. The molecule has 0 amide bonds. The van der Waals surface area contributed by atoms with Gasteiger partial charge in [0.15, 0.2) is 0 Å². The molecular weight excluding hydrogens is 250 g/mol. The van der Waals surface area contributed by atoms with Gasteiger partial charge < -0.3 is 10.4 Å². The molecule has 0 bridgehead atoms. The minimum atomic E-state index is -0.0228. The number of nitrogens with zero attached hydrogens (tertiary/aromatic N) is 2. The lowest BCUT2D eigenvalue weighted by molar-refractivity contribution is 0.273. The fourth-order valence-corrected chi connectivity index (χ4v) is 2.33. The summed E-state index contributed by atoms with van der Waals surface area (Å²) in [6.45, 7) is 0.0833. The van der Waals surface area contributed by atoms with E-state index in [1.165, 1.54) is 5.56 Å². The molecule has 1 unspecified atom stereocenters. The third-order valence-electron chi connectivity index (χ3n) is 3.33. The number of rotatable bonds is 5. The van der Waals surface area contributed by atoms with E-state index in [-0.39, 0.29) is 12.6 Å². The number of hydrogen-bond donors (Lipinski definition) is 2. The number of aromatic nitrogens is 2. The molecule has 3 rings (SSSR count). The van der Waals surface area contributed by atoms with Crippen LogP contribution in [0.25, 0.3) is 5.65 Å². The van der Waals surface area contributed by atoms with E-state index in [2.05, 4.69) is 22.4 Å². The van der Waals surface area contributed by atoms with Crippen molar-refractivity contribution in [2.45, 2.75) is 12.5 Å². The quantitative estimate of drug-likeness (QED) is 0.746. The van der Waals surface area contributed by atoms with Crippen molar-refractivity contribution in [2.75, 3.05) is 11.9 Å². The van der Waals surface area contributed by atoms with Gasteiger partial charge in [-0.1, -0.05) is 36.4 Å². The number of hydrogen-bond acceptors (Lipinski definition) is 3. The van der Waals surface area contributed by atoms with Crippen LogP contribution < -0.4 is 5.32 Å². The molecule has 0 aliphatic carbocycles. The summed E-state index contributed by atoms with van der Waals surface area (Å²) < 4.78 is 1.98. The monoisotopic (exact) mass is 267 g/mol. The van der Waals surface area contributed by atoms with Crippen LogP contribution in [-0.2, 0) is 6.42 Å². The summed E-state index contributed by atoms with van der Waals surface area (Å²) in [6, 6.07) is 16.0. The highest BCUT2D eigenvalue weighted by molar-refractivity contribution is 5.50. The van der Waals surface area contributed by atoms with Crippen molar-refractivity contribution in [1.29, 1.82) is 0 Å². The summed E-state index contributed by atoms with van der Waals surface area (Å²) in [4.78, 5) is 4.26. The molecule has 0 saturated heterocycles. The van der Waals surface area contributed by atoms with Gasteiger partial charge in [0.25, 0.3) is 0 Å². The minimum absolute atomic E-state index is 0.0228. The summed E-state index contributed by atoms with van der Waals surface area (Å²) in [5, 5.41) is 13.0. The molecule has 2 aromatic heterocycles. The van der Waals surface area contributed by atoms with Gasteiger partial charge in [-0.15, -0.1) is 0 Å². The molecule has 20 heavy (non-hydrogen) atoms. The molecule has 1 aromatic carbocycles. The number of fused-ring (bicyclic) bond motifs is 1. The van der Waals surface area contributed by atoms with Crippen molar-refractivity contribution in [3.8, 4) is 0 Å². The maximum atomic E-state index is 9.58. The van der Waals surface area contributed by atoms with Crippen LogP contribution in [0.4, 0.5) is 5.82 Å². The van der Waals surface area contributed by atoms with E-state index >= 15 is 0 Å². The summed E-state index contributed by atoms with van der Waals surface area (Å²) in [5.74, 6) is 0.940. The van der Waals surface area contributed by atoms with E-state index in [1.54, 1.807) is 6.20 Å². The van der Waals surface area contributed by atoms with E-state index < -0.39 is 0 Å². The van der Waals surface area contributed by atoms with E-state index in [4.69, 9.17) is 0 Å². The van der Waals surface area contributed by atoms with Crippen molar-refractivity contribution >= 4 is 11.5 Å². The van der Waals surface area contributed by atoms with E-state index in [1.807, 2.05) is 47.0 Å². The van der Waals surface area contributed by atoms with Crippen LogP contribution >= 0.6 is 0 Å². The Kier molecular flexibility index (Phi) is 3.65. The summed E-state index contributed by atoms with van der Waals surface area (Å²) >= 11 is 0. The first-order valence-electron chi connectivity index (χ1n) is 6.70. The molecule has 0 spiro atoms. The second kappa shape index (κ2) is 5.75. The van der Waals surface area contributed by atoms with Crippen LogP contribution in [0, 0.1) is 0 Å².